The van der Waals surface area contributed by atoms with E-state index in [1.165, 1.54) is 21.9 Å². The highest BCUT2D eigenvalue weighted by atomic mass is 14.9. The molecule has 0 saturated heterocycles. The van der Waals surface area contributed by atoms with Gasteiger partial charge in [-0.05, 0) is 50.2 Å². The third kappa shape index (κ3) is 1.96. The molecule has 0 spiro atoms. The van der Waals surface area contributed by atoms with Gasteiger partial charge in [-0.1, -0.05) is 35.9 Å². The zero-order valence-corrected chi connectivity index (χ0v) is 10.5. The van der Waals surface area contributed by atoms with Crippen LogP contribution in [0.25, 0.3) is 10.8 Å². The number of fused-ring (bicyclic) bond motifs is 1. The molecule has 84 valence electrons. The van der Waals surface area contributed by atoms with Crippen molar-refractivity contribution in [3.8, 4) is 0 Å². The molecule has 0 saturated carbocycles. The predicted octanol–water partition coefficient (Wildman–Crippen LogP) is 3.60. The summed E-state index contributed by atoms with van der Waals surface area (Å²) in [5, 5.41) is 5.96. The Morgan fingerprint density at radius 2 is 1.56 bits per heavy atom. The molecule has 0 bridgehead atoms. The van der Waals surface area contributed by atoms with Crippen molar-refractivity contribution in [3.63, 3.8) is 0 Å². The van der Waals surface area contributed by atoms with Gasteiger partial charge in [-0.3, -0.25) is 0 Å². The molecule has 1 N–H and O–H groups in total. The van der Waals surface area contributed by atoms with Gasteiger partial charge in [-0.15, -0.1) is 0 Å². The van der Waals surface area contributed by atoms with Crippen LogP contribution in [-0.2, 0) is 5.54 Å². The maximum atomic E-state index is 3.33. The number of nitrogens with one attached hydrogen (secondary N) is 1. The Morgan fingerprint density at radius 1 is 0.938 bits per heavy atom. The lowest BCUT2D eigenvalue weighted by Gasteiger charge is -2.25. The Bertz CT molecular complexity index is 512. The maximum Gasteiger partial charge on any atom is 0.0375 e. The lowest BCUT2D eigenvalue weighted by Crippen LogP contribution is -2.32. The molecule has 0 fully saturated rings. The summed E-state index contributed by atoms with van der Waals surface area (Å²) in [5.74, 6) is 0. The topological polar surface area (TPSA) is 12.0 Å². The smallest absolute Gasteiger partial charge is 0.0375 e. The van der Waals surface area contributed by atoms with Crippen LogP contribution in [0.2, 0.25) is 0 Å². The average Bonchev–Trinajstić information content (AvgIpc) is 2.28. The number of rotatable bonds is 2. The van der Waals surface area contributed by atoms with Crippen LogP contribution in [0.15, 0.2) is 36.4 Å². The molecule has 0 aliphatic carbocycles. The van der Waals surface area contributed by atoms with Crippen LogP contribution < -0.4 is 5.32 Å². The lowest BCUT2D eigenvalue weighted by molar-refractivity contribution is 0.445. The fraction of sp³-hybridized carbons (Fsp3) is 0.333. The van der Waals surface area contributed by atoms with Crippen molar-refractivity contribution < 1.29 is 0 Å². The largest absolute Gasteiger partial charge is 0.311 e. The molecule has 0 aliphatic rings. The lowest BCUT2D eigenvalue weighted by atomic mass is 9.92. The molecule has 2 aromatic carbocycles. The van der Waals surface area contributed by atoms with Crippen LogP contribution in [0.5, 0.6) is 0 Å². The summed E-state index contributed by atoms with van der Waals surface area (Å²) < 4.78 is 0. The Labute approximate surface area is 97.5 Å². The van der Waals surface area contributed by atoms with Gasteiger partial charge >= 0.3 is 0 Å². The van der Waals surface area contributed by atoms with Gasteiger partial charge < -0.3 is 5.32 Å². The molecule has 16 heavy (non-hydrogen) atoms. The van der Waals surface area contributed by atoms with Crippen LogP contribution >= 0.6 is 0 Å². The first-order valence-electron chi connectivity index (χ1n) is 5.73. The quantitative estimate of drug-likeness (QED) is 0.803. The summed E-state index contributed by atoms with van der Waals surface area (Å²) in [4.78, 5) is 0. The maximum absolute atomic E-state index is 3.33. The summed E-state index contributed by atoms with van der Waals surface area (Å²) in [6.45, 7) is 6.52. The molecule has 0 atom stereocenters. The molecule has 0 amide bonds. The fourth-order valence-corrected chi connectivity index (χ4v) is 1.90. The molecule has 0 radical (unpaired) electrons. The molecule has 0 aliphatic heterocycles. The van der Waals surface area contributed by atoms with Crippen molar-refractivity contribution in [1.82, 2.24) is 5.32 Å². The highest BCUT2D eigenvalue weighted by molar-refractivity contribution is 5.84. The van der Waals surface area contributed by atoms with Crippen LogP contribution in [0, 0.1) is 6.92 Å². The van der Waals surface area contributed by atoms with Crippen molar-refractivity contribution in [2.45, 2.75) is 26.3 Å². The fourth-order valence-electron chi connectivity index (χ4n) is 1.90. The highest BCUT2D eigenvalue weighted by Crippen LogP contribution is 2.24. The van der Waals surface area contributed by atoms with Crippen LogP contribution in [0.1, 0.15) is 25.0 Å². The summed E-state index contributed by atoms with van der Waals surface area (Å²) in [6, 6.07) is 13.3. The Balaban J connectivity index is 2.57. The standard InChI is InChI=1S/C15H19N/c1-11-5-6-13-10-14(15(2,3)16-4)8-7-12(13)9-11/h5-10,16H,1-4H3. The summed E-state index contributed by atoms with van der Waals surface area (Å²) in [5.41, 5.74) is 2.67. The zero-order chi connectivity index (χ0) is 11.8. The molecular weight excluding hydrogens is 194 g/mol. The Morgan fingerprint density at radius 3 is 2.25 bits per heavy atom. The third-order valence-electron chi connectivity index (χ3n) is 3.34. The van der Waals surface area contributed by atoms with Crippen molar-refractivity contribution >= 4 is 10.8 Å². The number of hydrogen-bond acceptors (Lipinski definition) is 1. The van der Waals surface area contributed by atoms with Crippen LogP contribution in [0.3, 0.4) is 0 Å². The minimum atomic E-state index is 0.0269. The third-order valence-corrected chi connectivity index (χ3v) is 3.34. The number of aryl methyl sites for hydroxylation is 1. The van der Waals surface area contributed by atoms with E-state index in [2.05, 4.69) is 62.5 Å². The van der Waals surface area contributed by atoms with Gasteiger partial charge in [0.05, 0.1) is 0 Å². The molecule has 0 heterocycles. The highest BCUT2D eigenvalue weighted by Gasteiger charge is 2.17. The van der Waals surface area contributed by atoms with E-state index in [9.17, 15) is 0 Å². The van der Waals surface area contributed by atoms with Crippen molar-refractivity contribution in [2.24, 2.45) is 0 Å². The number of benzene rings is 2. The van der Waals surface area contributed by atoms with E-state index in [1.807, 2.05) is 7.05 Å². The molecule has 1 heteroatoms. The van der Waals surface area contributed by atoms with Gasteiger partial charge in [-0.25, -0.2) is 0 Å². The second kappa shape index (κ2) is 3.91. The second-order valence-electron chi connectivity index (χ2n) is 4.94. The van der Waals surface area contributed by atoms with Crippen molar-refractivity contribution in [2.75, 3.05) is 7.05 Å². The average molecular weight is 213 g/mol. The molecule has 2 aromatic rings. The first-order valence-corrected chi connectivity index (χ1v) is 5.73. The van der Waals surface area contributed by atoms with Gasteiger partial charge in [-0.2, -0.15) is 0 Å². The molecule has 0 unspecified atom stereocenters. The van der Waals surface area contributed by atoms with E-state index in [0.717, 1.165) is 0 Å². The van der Waals surface area contributed by atoms with E-state index in [0.29, 0.717) is 0 Å². The van der Waals surface area contributed by atoms with Gasteiger partial charge in [0.2, 0.25) is 0 Å². The summed E-state index contributed by atoms with van der Waals surface area (Å²) in [6.07, 6.45) is 0. The van der Waals surface area contributed by atoms with E-state index in [4.69, 9.17) is 0 Å². The minimum Gasteiger partial charge on any atom is -0.311 e. The van der Waals surface area contributed by atoms with E-state index in [1.54, 1.807) is 0 Å². The number of hydrogen-bond donors (Lipinski definition) is 1. The second-order valence-corrected chi connectivity index (χ2v) is 4.94. The first-order chi connectivity index (χ1) is 7.53. The van der Waals surface area contributed by atoms with E-state index in [-0.39, 0.29) is 5.54 Å². The van der Waals surface area contributed by atoms with Gasteiger partial charge in [0.15, 0.2) is 0 Å². The molecule has 1 nitrogen and oxygen atoms in total. The monoisotopic (exact) mass is 213 g/mol. The Hall–Kier alpha value is -1.34. The van der Waals surface area contributed by atoms with E-state index >= 15 is 0 Å². The Kier molecular flexibility index (Phi) is 2.73. The van der Waals surface area contributed by atoms with Crippen LogP contribution in [-0.4, -0.2) is 7.05 Å². The predicted molar refractivity (Wildman–Crippen MR) is 70.8 cm³/mol. The SMILES string of the molecule is CNC(C)(C)c1ccc2cc(C)ccc2c1. The van der Waals surface area contributed by atoms with Gasteiger partial charge in [0.25, 0.3) is 0 Å². The molecule has 2 rings (SSSR count). The minimum absolute atomic E-state index is 0.0269. The summed E-state index contributed by atoms with van der Waals surface area (Å²) in [7, 11) is 2.00. The van der Waals surface area contributed by atoms with Crippen LogP contribution in [0.4, 0.5) is 0 Å². The normalized spacial score (nSPS) is 12.0. The van der Waals surface area contributed by atoms with E-state index < -0.39 is 0 Å². The van der Waals surface area contributed by atoms with Gasteiger partial charge in [0, 0.05) is 5.54 Å². The zero-order valence-electron chi connectivity index (χ0n) is 10.5. The van der Waals surface area contributed by atoms with Gasteiger partial charge in [0.1, 0.15) is 0 Å². The van der Waals surface area contributed by atoms with Crippen molar-refractivity contribution in [3.05, 3.63) is 47.5 Å². The molecular formula is C15H19N. The summed E-state index contributed by atoms with van der Waals surface area (Å²) >= 11 is 0. The molecule has 0 aromatic heterocycles. The first kappa shape index (κ1) is 11.2. The van der Waals surface area contributed by atoms with Crippen molar-refractivity contribution in [1.29, 1.82) is 0 Å².